The average Bonchev–Trinajstić information content (AvgIpc) is 2.45. The van der Waals surface area contributed by atoms with Gasteiger partial charge in [-0.3, -0.25) is 0 Å². The van der Waals surface area contributed by atoms with E-state index in [1.165, 1.54) is 19.3 Å². The van der Waals surface area contributed by atoms with E-state index in [4.69, 9.17) is 11.6 Å². The van der Waals surface area contributed by atoms with Crippen molar-refractivity contribution in [1.29, 1.82) is 0 Å². The average molecular weight is 320 g/mol. The smallest absolute Gasteiger partial charge is 0.356 e. The molecular weight excluding hydrogens is 303 g/mol. The van der Waals surface area contributed by atoms with Crippen molar-refractivity contribution in [2.24, 2.45) is 11.8 Å². The standard InChI is InChI=1S/C14H17ClF3N3/c15-13-19-11(14(16,17)18)7-12(20-13)21-6-5-9-3-1-2-4-10(9)8-21/h7,9-10H,1-6,8H2. The van der Waals surface area contributed by atoms with E-state index in [0.717, 1.165) is 37.9 Å². The Morgan fingerprint density at radius 2 is 1.81 bits per heavy atom. The second-order valence-electron chi connectivity index (χ2n) is 5.92. The molecule has 0 radical (unpaired) electrons. The van der Waals surface area contributed by atoms with Gasteiger partial charge in [0.1, 0.15) is 5.82 Å². The fourth-order valence-corrected chi connectivity index (χ4v) is 3.70. The van der Waals surface area contributed by atoms with E-state index in [1.54, 1.807) is 0 Å². The van der Waals surface area contributed by atoms with Crippen molar-refractivity contribution >= 4 is 17.4 Å². The number of halogens is 4. The lowest BCUT2D eigenvalue weighted by molar-refractivity contribution is -0.141. The quantitative estimate of drug-likeness (QED) is 0.728. The zero-order valence-electron chi connectivity index (χ0n) is 11.5. The molecule has 1 saturated heterocycles. The Balaban J connectivity index is 1.82. The predicted molar refractivity (Wildman–Crippen MR) is 74.3 cm³/mol. The first kappa shape index (κ1) is 14.9. The number of aromatic nitrogens is 2. The van der Waals surface area contributed by atoms with E-state index < -0.39 is 11.9 Å². The Hall–Kier alpha value is -1.04. The van der Waals surface area contributed by atoms with Crippen molar-refractivity contribution in [2.45, 2.75) is 38.3 Å². The lowest BCUT2D eigenvalue weighted by Crippen LogP contribution is -2.42. The molecular formula is C14H17ClF3N3. The Kier molecular flexibility index (Phi) is 3.99. The van der Waals surface area contributed by atoms with Gasteiger partial charge in [0, 0.05) is 19.2 Å². The van der Waals surface area contributed by atoms with Gasteiger partial charge in [-0.1, -0.05) is 19.3 Å². The highest BCUT2D eigenvalue weighted by Crippen LogP contribution is 2.38. The van der Waals surface area contributed by atoms with Crippen LogP contribution >= 0.6 is 11.6 Å². The zero-order valence-corrected chi connectivity index (χ0v) is 12.3. The van der Waals surface area contributed by atoms with Crippen LogP contribution in [0.5, 0.6) is 0 Å². The molecule has 1 aromatic rings. The zero-order chi connectivity index (χ0) is 15.0. The molecule has 2 atom stereocenters. The first-order chi connectivity index (χ1) is 9.93. The summed E-state index contributed by atoms with van der Waals surface area (Å²) in [6.45, 7) is 1.51. The lowest BCUT2D eigenvalue weighted by atomic mass is 9.75. The van der Waals surface area contributed by atoms with Crippen LogP contribution in [0.2, 0.25) is 5.28 Å². The minimum absolute atomic E-state index is 0.298. The molecule has 0 N–H and O–H groups in total. The molecule has 2 unspecified atom stereocenters. The first-order valence-electron chi connectivity index (χ1n) is 7.30. The number of alkyl halides is 3. The van der Waals surface area contributed by atoms with Gasteiger partial charge in [-0.05, 0) is 36.3 Å². The molecule has 1 aromatic heterocycles. The van der Waals surface area contributed by atoms with Crippen molar-refractivity contribution in [3.8, 4) is 0 Å². The molecule has 0 bridgehead atoms. The highest BCUT2D eigenvalue weighted by Gasteiger charge is 2.36. The maximum absolute atomic E-state index is 12.8. The molecule has 1 aliphatic heterocycles. The molecule has 2 heterocycles. The van der Waals surface area contributed by atoms with Gasteiger partial charge in [-0.25, -0.2) is 9.97 Å². The fourth-order valence-electron chi connectivity index (χ4n) is 3.52. The first-order valence-corrected chi connectivity index (χ1v) is 7.68. The van der Waals surface area contributed by atoms with Crippen LogP contribution in [-0.4, -0.2) is 23.1 Å². The maximum atomic E-state index is 12.8. The van der Waals surface area contributed by atoms with Crippen LogP contribution < -0.4 is 4.90 Å². The van der Waals surface area contributed by atoms with Gasteiger partial charge in [0.2, 0.25) is 5.28 Å². The molecule has 0 spiro atoms. The summed E-state index contributed by atoms with van der Waals surface area (Å²) < 4.78 is 38.4. The van der Waals surface area contributed by atoms with Crippen molar-refractivity contribution < 1.29 is 13.2 Å². The Morgan fingerprint density at radius 1 is 1.10 bits per heavy atom. The predicted octanol–water partition coefficient (Wildman–Crippen LogP) is 4.17. The minimum atomic E-state index is -4.50. The van der Waals surface area contributed by atoms with Crippen LogP contribution in [0.1, 0.15) is 37.8 Å². The normalized spacial score (nSPS) is 26.6. The third-order valence-corrected chi connectivity index (χ3v) is 4.76. The van der Waals surface area contributed by atoms with Gasteiger partial charge >= 0.3 is 6.18 Å². The molecule has 3 nitrogen and oxygen atoms in total. The number of anilines is 1. The molecule has 7 heteroatoms. The molecule has 1 aliphatic carbocycles. The monoisotopic (exact) mass is 319 g/mol. The van der Waals surface area contributed by atoms with Crippen molar-refractivity contribution in [1.82, 2.24) is 9.97 Å². The van der Waals surface area contributed by atoms with Crippen molar-refractivity contribution in [3.63, 3.8) is 0 Å². The second-order valence-corrected chi connectivity index (χ2v) is 6.26. The third kappa shape index (κ3) is 3.25. The van der Waals surface area contributed by atoms with E-state index >= 15 is 0 Å². The van der Waals surface area contributed by atoms with Crippen LogP contribution in [0.25, 0.3) is 0 Å². The van der Waals surface area contributed by atoms with Gasteiger partial charge in [-0.2, -0.15) is 13.2 Å². The van der Waals surface area contributed by atoms with Gasteiger partial charge in [0.05, 0.1) is 0 Å². The molecule has 2 aliphatic rings. The largest absolute Gasteiger partial charge is 0.433 e. The van der Waals surface area contributed by atoms with Gasteiger partial charge in [-0.15, -0.1) is 0 Å². The molecule has 2 fully saturated rings. The third-order valence-electron chi connectivity index (χ3n) is 4.59. The highest BCUT2D eigenvalue weighted by atomic mass is 35.5. The van der Waals surface area contributed by atoms with Gasteiger partial charge in [0.15, 0.2) is 5.69 Å². The molecule has 116 valence electrons. The number of nitrogens with zero attached hydrogens (tertiary/aromatic N) is 3. The number of piperidine rings is 1. The van der Waals surface area contributed by atoms with E-state index in [-0.39, 0.29) is 5.28 Å². The summed E-state index contributed by atoms with van der Waals surface area (Å²) >= 11 is 5.66. The van der Waals surface area contributed by atoms with Crippen molar-refractivity contribution in [3.05, 3.63) is 17.0 Å². The Morgan fingerprint density at radius 3 is 2.52 bits per heavy atom. The molecule has 0 amide bonds. The summed E-state index contributed by atoms with van der Waals surface area (Å²) in [6, 6.07) is 1.01. The van der Waals surface area contributed by atoms with Crippen molar-refractivity contribution in [2.75, 3.05) is 18.0 Å². The van der Waals surface area contributed by atoms with Crippen LogP contribution in [0, 0.1) is 11.8 Å². The van der Waals surface area contributed by atoms with E-state index in [0.29, 0.717) is 11.7 Å². The fraction of sp³-hybridized carbons (Fsp3) is 0.714. The Labute approximate surface area is 126 Å². The second kappa shape index (κ2) is 5.63. The number of fused-ring (bicyclic) bond motifs is 1. The number of hydrogen-bond acceptors (Lipinski definition) is 3. The van der Waals surface area contributed by atoms with E-state index in [2.05, 4.69) is 9.97 Å². The summed E-state index contributed by atoms with van der Waals surface area (Å²) in [5.74, 6) is 1.58. The molecule has 0 aromatic carbocycles. The van der Waals surface area contributed by atoms with Gasteiger partial charge < -0.3 is 4.90 Å². The van der Waals surface area contributed by atoms with Crippen LogP contribution in [0.4, 0.5) is 19.0 Å². The Bertz CT molecular complexity index is 521. The van der Waals surface area contributed by atoms with E-state index in [9.17, 15) is 13.2 Å². The molecule has 3 rings (SSSR count). The summed E-state index contributed by atoms with van der Waals surface area (Å²) in [7, 11) is 0. The topological polar surface area (TPSA) is 29.0 Å². The van der Waals surface area contributed by atoms with E-state index in [1.807, 2.05) is 4.90 Å². The summed E-state index contributed by atoms with van der Waals surface area (Å²) in [4.78, 5) is 9.20. The molecule has 1 saturated carbocycles. The SMILES string of the molecule is FC(F)(F)c1cc(N2CCC3CCCCC3C2)nc(Cl)n1. The van der Waals surface area contributed by atoms with Gasteiger partial charge in [0.25, 0.3) is 0 Å². The van der Waals surface area contributed by atoms with Crippen LogP contribution in [0.15, 0.2) is 6.07 Å². The maximum Gasteiger partial charge on any atom is 0.433 e. The van der Waals surface area contributed by atoms with Crippen LogP contribution in [0.3, 0.4) is 0 Å². The molecule has 21 heavy (non-hydrogen) atoms. The lowest BCUT2D eigenvalue weighted by Gasteiger charge is -2.41. The highest BCUT2D eigenvalue weighted by molar-refractivity contribution is 6.28. The number of hydrogen-bond donors (Lipinski definition) is 0. The van der Waals surface area contributed by atoms with Crippen LogP contribution in [-0.2, 0) is 6.18 Å². The minimum Gasteiger partial charge on any atom is -0.356 e. The summed E-state index contributed by atoms with van der Waals surface area (Å²) in [6.07, 6.45) is 1.42. The number of rotatable bonds is 1. The summed E-state index contributed by atoms with van der Waals surface area (Å²) in [5.41, 5.74) is -0.969. The summed E-state index contributed by atoms with van der Waals surface area (Å²) in [5, 5.41) is -0.342.